The Balaban J connectivity index is 2.13. The Labute approximate surface area is 111 Å². The highest BCUT2D eigenvalue weighted by atomic mass is 15.3. The lowest BCUT2D eigenvalue weighted by atomic mass is 9.69. The predicted molar refractivity (Wildman–Crippen MR) is 75.7 cm³/mol. The van der Waals surface area contributed by atoms with Crippen molar-refractivity contribution in [3.05, 3.63) is 18.0 Å². The number of hydrogen-bond donors (Lipinski definition) is 0. The maximum Gasteiger partial charge on any atom is 0.225 e. The van der Waals surface area contributed by atoms with E-state index in [1.807, 2.05) is 19.3 Å². The van der Waals surface area contributed by atoms with Crippen molar-refractivity contribution in [2.75, 3.05) is 18.0 Å². The summed E-state index contributed by atoms with van der Waals surface area (Å²) in [6.07, 6.45) is 5.05. The highest BCUT2D eigenvalue weighted by Crippen LogP contribution is 2.40. The molecule has 0 radical (unpaired) electrons. The molecule has 1 aromatic heterocycles. The predicted octanol–water partition coefficient (Wildman–Crippen LogP) is 3.29. The lowest BCUT2D eigenvalue weighted by Gasteiger charge is -2.46. The van der Waals surface area contributed by atoms with Gasteiger partial charge in [-0.1, -0.05) is 27.7 Å². The summed E-state index contributed by atoms with van der Waals surface area (Å²) in [6.45, 7) is 13.6. The lowest BCUT2D eigenvalue weighted by Crippen LogP contribution is -2.48. The molecule has 1 atom stereocenters. The molecule has 0 aromatic carbocycles. The van der Waals surface area contributed by atoms with Crippen molar-refractivity contribution in [3.8, 4) is 0 Å². The SMILES string of the molecule is Cc1cnc(N2CC[C@@H](C(C)C)C(C)(C)C2)nc1. The van der Waals surface area contributed by atoms with Crippen molar-refractivity contribution in [3.63, 3.8) is 0 Å². The van der Waals surface area contributed by atoms with E-state index < -0.39 is 0 Å². The Kier molecular flexibility index (Phi) is 3.60. The first-order chi connectivity index (χ1) is 8.40. The van der Waals surface area contributed by atoms with E-state index in [1.54, 1.807) is 0 Å². The number of anilines is 1. The van der Waals surface area contributed by atoms with Crippen LogP contribution in [0.25, 0.3) is 0 Å². The van der Waals surface area contributed by atoms with Crippen molar-refractivity contribution in [2.45, 2.75) is 41.0 Å². The van der Waals surface area contributed by atoms with Crippen LogP contribution in [-0.4, -0.2) is 23.1 Å². The van der Waals surface area contributed by atoms with Crippen LogP contribution in [0.2, 0.25) is 0 Å². The normalized spacial score (nSPS) is 23.4. The largest absolute Gasteiger partial charge is 0.340 e. The van der Waals surface area contributed by atoms with Gasteiger partial charge in [0.25, 0.3) is 0 Å². The first-order valence-electron chi connectivity index (χ1n) is 6.94. The van der Waals surface area contributed by atoms with Crippen LogP contribution in [0.15, 0.2) is 12.4 Å². The topological polar surface area (TPSA) is 29.0 Å². The zero-order valence-corrected chi connectivity index (χ0v) is 12.3. The van der Waals surface area contributed by atoms with Gasteiger partial charge in [-0.25, -0.2) is 9.97 Å². The van der Waals surface area contributed by atoms with Crippen LogP contribution >= 0.6 is 0 Å². The molecule has 1 fully saturated rings. The second-order valence-corrected chi connectivity index (χ2v) is 6.61. The fourth-order valence-electron chi connectivity index (χ4n) is 3.33. The number of aromatic nitrogens is 2. The van der Waals surface area contributed by atoms with Gasteiger partial charge in [0.1, 0.15) is 0 Å². The summed E-state index contributed by atoms with van der Waals surface area (Å²) in [5, 5.41) is 0. The van der Waals surface area contributed by atoms with Crippen molar-refractivity contribution < 1.29 is 0 Å². The van der Waals surface area contributed by atoms with Crippen LogP contribution in [0.5, 0.6) is 0 Å². The van der Waals surface area contributed by atoms with E-state index in [1.165, 1.54) is 6.42 Å². The zero-order valence-electron chi connectivity index (χ0n) is 12.3. The second-order valence-electron chi connectivity index (χ2n) is 6.61. The Morgan fingerprint density at radius 1 is 1.28 bits per heavy atom. The Bertz CT molecular complexity index is 395. The molecule has 18 heavy (non-hydrogen) atoms. The highest BCUT2D eigenvalue weighted by Gasteiger charge is 2.37. The third kappa shape index (κ3) is 2.65. The van der Waals surface area contributed by atoms with Gasteiger partial charge in [-0.15, -0.1) is 0 Å². The summed E-state index contributed by atoms with van der Waals surface area (Å²) < 4.78 is 0. The summed E-state index contributed by atoms with van der Waals surface area (Å²) in [4.78, 5) is 11.2. The number of nitrogens with zero attached hydrogens (tertiary/aromatic N) is 3. The number of rotatable bonds is 2. The van der Waals surface area contributed by atoms with E-state index in [9.17, 15) is 0 Å². The third-order valence-corrected chi connectivity index (χ3v) is 4.17. The molecular weight excluding hydrogens is 222 g/mol. The monoisotopic (exact) mass is 247 g/mol. The smallest absolute Gasteiger partial charge is 0.225 e. The van der Waals surface area contributed by atoms with Crippen molar-refractivity contribution in [1.82, 2.24) is 9.97 Å². The molecule has 3 nitrogen and oxygen atoms in total. The Morgan fingerprint density at radius 2 is 1.89 bits per heavy atom. The van der Waals surface area contributed by atoms with E-state index in [0.29, 0.717) is 5.41 Å². The molecule has 0 bridgehead atoms. The minimum Gasteiger partial charge on any atom is -0.340 e. The van der Waals surface area contributed by atoms with E-state index in [0.717, 1.165) is 36.4 Å². The van der Waals surface area contributed by atoms with E-state index >= 15 is 0 Å². The maximum atomic E-state index is 4.45. The van der Waals surface area contributed by atoms with Crippen LogP contribution in [0.1, 0.15) is 39.7 Å². The van der Waals surface area contributed by atoms with Crippen molar-refractivity contribution in [2.24, 2.45) is 17.3 Å². The lowest BCUT2D eigenvalue weighted by molar-refractivity contribution is 0.126. The molecule has 1 aliphatic heterocycles. The van der Waals surface area contributed by atoms with Gasteiger partial charge < -0.3 is 4.90 Å². The van der Waals surface area contributed by atoms with Crippen LogP contribution in [-0.2, 0) is 0 Å². The molecule has 1 aromatic rings. The first kappa shape index (κ1) is 13.3. The van der Waals surface area contributed by atoms with Crippen LogP contribution in [0.3, 0.4) is 0 Å². The van der Waals surface area contributed by atoms with Crippen LogP contribution < -0.4 is 4.90 Å². The molecule has 0 saturated carbocycles. The molecule has 3 heteroatoms. The quantitative estimate of drug-likeness (QED) is 0.803. The van der Waals surface area contributed by atoms with Gasteiger partial charge in [-0.2, -0.15) is 0 Å². The fourth-order valence-corrected chi connectivity index (χ4v) is 3.33. The molecule has 1 aliphatic rings. The molecule has 2 rings (SSSR count). The minimum atomic E-state index is 0.334. The first-order valence-corrected chi connectivity index (χ1v) is 6.94. The van der Waals surface area contributed by atoms with E-state index in [-0.39, 0.29) is 0 Å². The molecule has 0 amide bonds. The zero-order chi connectivity index (χ0) is 13.3. The van der Waals surface area contributed by atoms with Gasteiger partial charge >= 0.3 is 0 Å². The minimum absolute atomic E-state index is 0.334. The summed E-state index contributed by atoms with van der Waals surface area (Å²) in [5.41, 5.74) is 1.45. The highest BCUT2D eigenvalue weighted by molar-refractivity contribution is 5.31. The number of hydrogen-bond acceptors (Lipinski definition) is 3. The molecule has 0 spiro atoms. The van der Waals surface area contributed by atoms with Crippen molar-refractivity contribution in [1.29, 1.82) is 0 Å². The van der Waals surface area contributed by atoms with E-state index in [2.05, 4.69) is 42.6 Å². The molecule has 0 unspecified atom stereocenters. The second kappa shape index (κ2) is 4.87. The average Bonchev–Trinajstić information content (AvgIpc) is 2.28. The summed E-state index contributed by atoms with van der Waals surface area (Å²) >= 11 is 0. The van der Waals surface area contributed by atoms with Crippen LogP contribution in [0, 0.1) is 24.2 Å². The summed E-state index contributed by atoms with van der Waals surface area (Å²) in [7, 11) is 0. The Morgan fingerprint density at radius 3 is 2.39 bits per heavy atom. The summed E-state index contributed by atoms with van der Waals surface area (Å²) in [6, 6.07) is 0. The van der Waals surface area contributed by atoms with Gasteiger partial charge in [0.05, 0.1) is 0 Å². The molecule has 0 aliphatic carbocycles. The van der Waals surface area contributed by atoms with Gasteiger partial charge in [-0.05, 0) is 36.2 Å². The maximum absolute atomic E-state index is 4.45. The van der Waals surface area contributed by atoms with E-state index in [4.69, 9.17) is 0 Å². The van der Waals surface area contributed by atoms with Gasteiger partial charge in [0, 0.05) is 25.5 Å². The van der Waals surface area contributed by atoms with Gasteiger partial charge in [0.15, 0.2) is 0 Å². The van der Waals surface area contributed by atoms with Crippen molar-refractivity contribution >= 4 is 5.95 Å². The molecule has 2 heterocycles. The van der Waals surface area contributed by atoms with Gasteiger partial charge in [-0.3, -0.25) is 0 Å². The number of piperidine rings is 1. The average molecular weight is 247 g/mol. The molecule has 0 N–H and O–H groups in total. The Hall–Kier alpha value is -1.12. The number of aryl methyl sites for hydroxylation is 1. The summed E-state index contributed by atoms with van der Waals surface area (Å²) in [5.74, 6) is 2.43. The fraction of sp³-hybridized carbons (Fsp3) is 0.733. The standard InChI is InChI=1S/C15H25N3/c1-11(2)13-6-7-18(10-15(13,4)5)14-16-8-12(3)9-17-14/h8-9,11,13H,6-7,10H2,1-5H3/t13-/m0/s1. The van der Waals surface area contributed by atoms with Gasteiger partial charge in [0.2, 0.25) is 5.95 Å². The van der Waals surface area contributed by atoms with Crippen LogP contribution in [0.4, 0.5) is 5.95 Å². The molecule has 100 valence electrons. The molecular formula is C15H25N3. The molecule has 1 saturated heterocycles. The third-order valence-electron chi connectivity index (χ3n) is 4.17.